The third kappa shape index (κ3) is 4.13. The molecular formula is C14H17ClO3S. The van der Waals surface area contributed by atoms with Crippen molar-refractivity contribution in [2.75, 3.05) is 5.75 Å². The van der Waals surface area contributed by atoms with Crippen LogP contribution in [0.3, 0.4) is 0 Å². The number of benzene rings is 1. The summed E-state index contributed by atoms with van der Waals surface area (Å²) in [5.41, 5.74) is -0.740. The van der Waals surface area contributed by atoms with Gasteiger partial charge in [-0.25, -0.2) is 0 Å². The van der Waals surface area contributed by atoms with E-state index in [0.29, 0.717) is 36.5 Å². The molecule has 0 unspecified atom stereocenters. The summed E-state index contributed by atoms with van der Waals surface area (Å²) in [7, 11) is 0. The van der Waals surface area contributed by atoms with Gasteiger partial charge < -0.3 is 10.2 Å². The molecule has 104 valence electrons. The maximum atomic E-state index is 10.9. The molecule has 1 saturated carbocycles. The minimum atomic E-state index is -0.743. The van der Waals surface area contributed by atoms with Crippen LogP contribution in [0.15, 0.2) is 29.2 Å². The van der Waals surface area contributed by atoms with E-state index < -0.39 is 11.6 Å². The number of carboxylic acids is 1. The SMILES string of the molecule is O=C(O)C1CCC(O)(CSc2ccc(Cl)cc2)CC1. The number of carboxylic acid groups (broad SMARTS) is 1. The van der Waals surface area contributed by atoms with Gasteiger partial charge in [0.1, 0.15) is 0 Å². The zero-order valence-electron chi connectivity index (χ0n) is 10.5. The van der Waals surface area contributed by atoms with E-state index in [1.807, 2.05) is 24.3 Å². The van der Waals surface area contributed by atoms with Gasteiger partial charge in [-0.1, -0.05) is 11.6 Å². The Morgan fingerprint density at radius 1 is 1.32 bits per heavy atom. The molecule has 1 aliphatic carbocycles. The zero-order valence-corrected chi connectivity index (χ0v) is 12.1. The fraction of sp³-hybridized carbons (Fsp3) is 0.500. The quantitative estimate of drug-likeness (QED) is 0.836. The van der Waals surface area contributed by atoms with Crippen LogP contribution in [0, 0.1) is 5.92 Å². The Balaban J connectivity index is 1.86. The average molecular weight is 301 g/mol. The molecule has 0 heterocycles. The smallest absolute Gasteiger partial charge is 0.306 e. The predicted molar refractivity (Wildman–Crippen MR) is 76.7 cm³/mol. The standard InChI is InChI=1S/C14H17ClO3S/c15-11-1-3-12(4-2-11)19-9-14(18)7-5-10(6-8-14)13(16)17/h1-4,10,18H,5-9H2,(H,16,17). The highest BCUT2D eigenvalue weighted by Crippen LogP contribution is 2.36. The molecule has 0 radical (unpaired) electrons. The van der Waals surface area contributed by atoms with Crippen molar-refractivity contribution < 1.29 is 15.0 Å². The van der Waals surface area contributed by atoms with Crippen molar-refractivity contribution in [3.63, 3.8) is 0 Å². The van der Waals surface area contributed by atoms with E-state index in [0.717, 1.165) is 4.90 Å². The van der Waals surface area contributed by atoms with Gasteiger partial charge in [0, 0.05) is 15.7 Å². The van der Waals surface area contributed by atoms with Crippen molar-refractivity contribution in [3.8, 4) is 0 Å². The molecule has 1 fully saturated rings. The van der Waals surface area contributed by atoms with Crippen LogP contribution in [-0.4, -0.2) is 27.5 Å². The molecule has 0 bridgehead atoms. The number of rotatable bonds is 4. The fourth-order valence-electron chi connectivity index (χ4n) is 2.29. The van der Waals surface area contributed by atoms with Crippen LogP contribution < -0.4 is 0 Å². The van der Waals surface area contributed by atoms with Gasteiger partial charge in [0.2, 0.25) is 0 Å². The second kappa shape index (κ2) is 6.16. The first-order chi connectivity index (χ1) is 8.98. The van der Waals surface area contributed by atoms with Gasteiger partial charge in [-0.15, -0.1) is 11.8 Å². The second-order valence-electron chi connectivity index (χ2n) is 5.08. The number of halogens is 1. The molecule has 2 N–H and O–H groups in total. The molecular weight excluding hydrogens is 284 g/mol. The summed E-state index contributed by atoms with van der Waals surface area (Å²) in [6.45, 7) is 0. The molecule has 1 aromatic carbocycles. The molecule has 19 heavy (non-hydrogen) atoms. The number of aliphatic carboxylic acids is 1. The highest BCUT2D eigenvalue weighted by Gasteiger charge is 2.35. The largest absolute Gasteiger partial charge is 0.481 e. The van der Waals surface area contributed by atoms with Gasteiger partial charge in [0.15, 0.2) is 0 Å². The molecule has 1 aliphatic rings. The van der Waals surface area contributed by atoms with Crippen molar-refractivity contribution in [3.05, 3.63) is 29.3 Å². The number of carbonyl (C=O) groups is 1. The molecule has 0 atom stereocenters. The Kier molecular flexibility index (Phi) is 4.76. The van der Waals surface area contributed by atoms with Crippen molar-refractivity contribution in [1.29, 1.82) is 0 Å². The molecule has 2 rings (SSSR count). The predicted octanol–water partition coefficient (Wildman–Crippen LogP) is 3.44. The molecule has 0 saturated heterocycles. The van der Waals surface area contributed by atoms with E-state index in [-0.39, 0.29) is 5.92 Å². The van der Waals surface area contributed by atoms with Gasteiger partial charge in [-0.3, -0.25) is 4.79 Å². The minimum Gasteiger partial charge on any atom is -0.481 e. The summed E-state index contributed by atoms with van der Waals surface area (Å²) in [5.74, 6) is -0.436. The highest BCUT2D eigenvalue weighted by atomic mass is 35.5. The van der Waals surface area contributed by atoms with E-state index in [4.69, 9.17) is 16.7 Å². The van der Waals surface area contributed by atoms with Gasteiger partial charge in [-0.05, 0) is 49.9 Å². The first kappa shape index (κ1) is 14.7. The lowest BCUT2D eigenvalue weighted by Gasteiger charge is -2.34. The Bertz CT molecular complexity index is 439. The Morgan fingerprint density at radius 2 is 1.89 bits per heavy atom. The summed E-state index contributed by atoms with van der Waals surface area (Å²) in [6, 6.07) is 7.52. The Labute approximate surface area is 122 Å². The summed E-state index contributed by atoms with van der Waals surface area (Å²) >= 11 is 7.41. The van der Waals surface area contributed by atoms with Gasteiger partial charge >= 0.3 is 5.97 Å². The minimum absolute atomic E-state index is 0.291. The van der Waals surface area contributed by atoms with Crippen LogP contribution in [0.25, 0.3) is 0 Å². The van der Waals surface area contributed by atoms with Crippen molar-refractivity contribution in [2.24, 2.45) is 5.92 Å². The summed E-state index contributed by atoms with van der Waals surface area (Å²) in [5, 5.41) is 20.1. The van der Waals surface area contributed by atoms with Crippen LogP contribution in [0.1, 0.15) is 25.7 Å². The first-order valence-corrected chi connectivity index (χ1v) is 7.68. The van der Waals surface area contributed by atoms with E-state index in [9.17, 15) is 9.90 Å². The zero-order chi connectivity index (χ0) is 13.9. The van der Waals surface area contributed by atoms with Gasteiger partial charge in [0.25, 0.3) is 0 Å². The third-order valence-corrected chi connectivity index (χ3v) is 5.13. The highest BCUT2D eigenvalue weighted by molar-refractivity contribution is 7.99. The first-order valence-electron chi connectivity index (χ1n) is 6.32. The topological polar surface area (TPSA) is 57.5 Å². The van der Waals surface area contributed by atoms with Gasteiger partial charge in [0.05, 0.1) is 11.5 Å². The molecule has 0 spiro atoms. The van der Waals surface area contributed by atoms with Crippen molar-refractivity contribution in [1.82, 2.24) is 0 Å². The number of hydrogen-bond donors (Lipinski definition) is 2. The lowest BCUT2D eigenvalue weighted by Crippen LogP contribution is -2.38. The lowest BCUT2D eigenvalue weighted by molar-refractivity contribution is -0.144. The van der Waals surface area contributed by atoms with Crippen LogP contribution in [0.2, 0.25) is 5.02 Å². The van der Waals surface area contributed by atoms with E-state index >= 15 is 0 Å². The van der Waals surface area contributed by atoms with Crippen molar-refractivity contribution >= 4 is 29.3 Å². The fourth-order valence-corrected chi connectivity index (χ4v) is 3.47. The van der Waals surface area contributed by atoms with Crippen molar-refractivity contribution in [2.45, 2.75) is 36.2 Å². The number of thioether (sulfide) groups is 1. The van der Waals surface area contributed by atoms with E-state index in [2.05, 4.69) is 0 Å². The second-order valence-corrected chi connectivity index (χ2v) is 6.56. The summed E-state index contributed by atoms with van der Waals surface area (Å²) in [4.78, 5) is 11.9. The molecule has 0 aromatic heterocycles. The molecule has 1 aromatic rings. The Morgan fingerprint density at radius 3 is 2.42 bits per heavy atom. The molecule has 5 heteroatoms. The number of aliphatic hydroxyl groups is 1. The maximum Gasteiger partial charge on any atom is 0.306 e. The molecule has 3 nitrogen and oxygen atoms in total. The van der Waals surface area contributed by atoms with Gasteiger partial charge in [-0.2, -0.15) is 0 Å². The maximum absolute atomic E-state index is 10.9. The average Bonchev–Trinajstić information content (AvgIpc) is 2.39. The Hall–Kier alpha value is -0.710. The third-order valence-electron chi connectivity index (χ3n) is 3.59. The van der Waals surface area contributed by atoms with Crippen LogP contribution in [-0.2, 0) is 4.79 Å². The van der Waals surface area contributed by atoms with Crippen LogP contribution in [0.4, 0.5) is 0 Å². The monoisotopic (exact) mass is 300 g/mol. The number of hydrogen-bond acceptors (Lipinski definition) is 3. The molecule has 0 amide bonds. The van der Waals surface area contributed by atoms with E-state index in [1.54, 1.807) is 11.8 Å². The summed E-state index contributed by atoms with van der Waals surface area (Å²) in [6.07, 6.45) is 2.25. The lowest BCUT2D eigenvalue weighted by atomic mass is 9.80. The summed E-state index contributed by atoms with van der Waals surface area (Å²) < 4.78 is 0. The van der Waals surface area contributed by atoms with Crippen LogP contribution in [0.5, 0.6) is 0 Å². The normalized spacial score (nSPS) is 27.2. The molecule has 0 aliphatic heterocycles. The van der Waals surface area contributed by atoms with Crippen LogP contribution >= 0.6 is 23.4 Å². The van der Waals surface area contributed by atoms with E-state index in [1.165, 1.54) is 0 Å².